The Morgan fingerprint density at radius 1 is 0.411 bits per heavy atom. The summed E-state index contributed by atoms with van der Waals surface area (Å²) in [5, 5.41) is 137. The molecule has 0 aliphatic carbocycles. The predicted molar refractivity (Wildman–Crippen MR) is 173 cm³/mol. The molecule has 7 rings (SSSR count). The van der Waals surface area contributed by atoms with Crippen LogP contribution in [0.15, 0.2) is 24.3 Å². The maximum Gasteiger partial charge on any atom is 0.339 e. The molecule has 0 amide bonds. The molecule has 22 heteroatoms. The zero-order valence-electron chi connectivity index (χ0n) is 27.4. The average molecular weight is 785 g/mol. The van der Waals surface area contributed by atoms with Gasteiger partial charge in [-0.15, -0.1) is 0 Å². The average Bonchev–Trinajstić information content (AvgIpc) is 3.16. The summed E-state index contributed by atoms with van der Waals surface area (Å²) in [6.07, 6.45) is -11.1. The zero-order valence-corrected chi connectivity index (χ0v) is 27.4. The standard InChI is InChI=1S/C34H24O22/c35-10-1-6-15(23(43)19(10)39)16-7(2-11(36)20(40)24(16)44)31(48)54-27-14(5-52-30(6)47)53-34(51)29-28(27)55-32(49)8-3-12(37)21(41)25(45)17(8)18-9(33(50)56-29)4-13(38)22(42)26(18)46/h1-4,14,27-29,34-46,51H,5H2/t14?,27?,28-,29?,34?/m1/s1. The van der Waals surface area contributed by atoms with Gasteiger partial charge in [0.1, 0.15) is 12.7 Å². The van der Waals surface area contributed by atoms with Gasteiger partial charge in [-0.25, -0.2) is 19.2 Å². The molecule has 56 heavy (non-hydrogen) atoms. The molecule has 3 aliphatic heterocycles. The Labute approximate surface area is 308 Å². The molecule has 5 atom stereocenters. The summed E-state index contributed by atoms with van der Waals surface area (Å²) in [6.45, 7) is -1.08. The van der Waals surface area contributed by atoms with Gasteiger partial charge in [-0.3, -0.25) is 0 Å². The number of phenolic OH excluding ortho intramolecular Hbond substituents is 12. The number of rotatable bonds is 0. The normalized spacial score (nSPS) is 21.8. The molecule has 0 spiro atoms. The summed E-state index contributed by atoms with van der Waals surface area (Å²) in [4.78, 5) is 55.3. The molecule has 3 heterocycles. The number of esters is 4. The molecule has 22 nitrogen and oxygen atoms in total. The minimum absolute atomic E-state index is 0.465. The summed E-state index contributed by atoms with van der Waals surface area (Å²) < 4.78 is 27.2. The molecule has 4 unspecified atom stereocenters. The van der Waals surface area contributed by atoms with Crippen molar-refractivity contribution in [3.8, 4) is 91.2 Å². The van der Waals surface area contributed by atoms with Crippen molar-refractivity contribution in [2.45, 2.75) is 30.7 Å². The van der Waals surface area contributed by atoms with Gasteiger partial charge in [-0.1, -0.05) is 0 Å². The highest BCUT2D eigenvalue weighted by atomic mass is 16.7. The van der Waals surface area contributed by atoms with Gasteiger partial charge < -0.3 is 90.1 Å². The van der Waals surface area contributed by atoms with Crippen molar-refractivity contribution in [2.24, 2.45) is 0 Å². The number of cyclic esters (lactones) is 1. The van der Waals surface area contributed by atoms with E-state index in [1.165, 1.54) is 0 Å². The fourth-order valence-electron chi connectivity index (χ4n) is 6.46. The number of ether oxygens (including phenoxy) is 5. The predicted octanol–water partition coefficient (Wildman–Crippen LogP) is 0.665. The fraction of sp³-hybridized carbons (Fsp3) is 0.176. The van der Waals surface area contributed by atoms with Crippen LogP contribution in [-0.4, -0.2) is 128 Å². The van der Waals surface area contributed by atoms with Gasteiger partial charge >= 0.3 is 23.9 Å². The van der Waals surface area contributed by atoms with Crippen molar-refractivity contribution >= 4 is 23.9 Å². The summed E-state index contributed by atoms with van der Waals surface area (Å²) in [5.41, 5.74) is -7.76. The second-order valence-electron chi connectivity index (χ2n) is 12.3. The third-order valence-electron chi connectivity index (χ3n) is 9.11. The van der Waals surface area contributed by atoms with Crippen LogP contribution in [-0.2, 0) is 23.7 Å². The molecule has 4 aromatic rings. The Morgan fingerprint density at radius 2 is 0.714 bits per heavy atom. The van der Waals surface area contributed by atoms with Crippen LogP contribution in [0.4, 0.5) is 0 Å². The molecular weight excluding hydrogens is 760 g/mol. The minimum Gasteiger partial charge on any atom is -0.504 e. The van der Waals surface area contributed by atoms with Crippen molar-refractivity contribution in [2.75, 3.05) is 6.61 Å². The van der Waals surface area contributed by atoms with Crippen molar-refractivity contribution in [3.05, 3.63) is 46.5 Å². The topological polar surface area (TPSA) is 377 Å². The molecule has 4 aromatic carbocycles. The van der Waals surface area contributed by atoms with Crippen LogP contribution < -0.4 is 0 Å². The first-order valence-electron chi connectivity index (χ1n) is 15.6. The number of carbonyl (C=O) groups is 4. The highest BCUT2D eigenvalue weighted by Crippen LogP contribution is 2.55. The number of fused-ring (bicyclic) bond motifs is 9. The van der Waals surface area contributed by atoms with Gasteiger partial charge in [-0.2, -0.15) is 0 Å². The Kier molecular flexibility index (Phi) is 8.31. The van der Waals surface area contributed by atoms with Crippen molar-refractivity contribution in [3.63, 3.8) is 0 Å². The van der Waals surface area contributed by atoms with Crippen LogP contribution in [0.2, 0.25) is 0 Å². The van der Waals surface area contributed by atoms with E-state index in [2.05, 4.69) is 0 Å². The van der Waals surface area contributed by atoms with Crippen molar-refractivity contribution in [1.82, 2.24) is 0 Å². The minimum atomic E-state index is -2.40. The van der Waals surface area contributed by atoms with Crippen LogP contribution in [0.3, 0.4) is 0 Å². The lowest BCUT2D eigenvalue weighted by molar-refractivity contribution is -0.284. The molecule has 0 bridgehead atoms. The number of phenols is 12. The third-order valence-corrected chi connectivity index (χ3v) is 9.11. The lowest BCUT2D eigenvalue weighted by Crippen LogP contribution is -2.62. The van der Waals surface area contributed by atoms with Gasteiger partial charge in [0.25, 0.3) is 0 Å². The third kappa shape index (κ3) is 5.34. The number of hydrogen-bond donors (Lipinski definition) is 13. The summed E-state index contributed by atoms with van der Waals surface area (Å²) >= 11 is 0. The molecule has 3 aliphatic rings. The molecule has 0 radical (unpaired) electrons. The Balaban J connectivity index is 1.44. The van der Waals surface area contributed by atoms with E-state index in [1.54, 1.807) is 0 Å². The van der Waals surface area contributed by atoms with Crippen LogP contribution in [0.25, 0.3) is 22.3 Å². The molecule has 0 aromatic heterocycles. The number of benzene rings is 4. The molecule has 1 fully saturated rings. The molecule has 292 valence electrons. The van der Waals surface area contributed by atoms with E-state index in [4.69, 9.17) is 23.7 Å². The van der Waals surface area contributed by atoms with Gasteiger partial charge in [0, 0.05) is 22.3 Å². The van der Waals surface area contributed by atoms with E-state index < -0.39 is 175 Å². The van der Waals surface area contributed by atoms with E-state index in [0.29, 0.717) is 24.3 Å². The number of aliphatic hydroxyl groups excluding tert-OH is 1. The largest absolute Gasteiger partial charge is 0.504 e. The Hall–Kier alpha value is -7.72. The first-order valence-corrected chi connectivity index (χ1v) is 15.6. The maximum atomic E-state index is 14.1. The summed E-state index contributed by atoms with van der Waals surface area (Å²) in [7, 11) is 0. The second-order valence-corrected chi connectivity index (χ2v) is 12.3. The number of carbonyl (C=O) groups excluding carboxylic acids is 4. The van der Waals surface area contributed by atoms with Crippen LogP contribution in [0, 0.1) is 0 Å². The number of hydrogen-bond acceptors (Lipinski definition) is 22. The SMILES string of the molecule is O=C1OCC2OC(O)C3OC(=O)c4cc(O)c(O)c(O)c4-c4c(cc(O)c(O)c4O)C(=O)O[C@@H]3C2OC(=O)c2cc(O)c(O)c(O)c2-c2c1cc(O)c(O)c2O. The number of aromatic hydroxyl groups is 12. The van der Waals surface area contributed by atoms with Crippen LogP contribution in [0.1, 0.15) is 41.4 Å². The lowest BCUT2D eigenvalue weighted by Gasteiger charge is -2.43. The lowest BCUT2D eigenvalue weighted by atomic mass is 9.91. The molecular formula is C34H24O22. The van der Waals surface area contributed by atoms with Gasteiger partial charge in [0.05, 0.1) is 22.3 Å². The van der Waals surface area contributed by atoms with Crippen molar-refractivity contribution in [1.29, 1.82) is 0 Å². The highest BCUT2D eigenvalue weighted by Gasteiger charge is 2.54. The molecule has 1 saturated heterocycles. The Morgan fingerprint density at radius 3 is 1.07 bits per heavy atom. The smallest absolute Gasteiger partial charge is 0.339 e. The first-order chi connectivity index (χ1) is 26.3. The molecule has 13 N–H and O–H groups in total. The monoisotopic (exact) mass is 784 g/mol. The summed E-state index contributed by atoms with van der Waals surface area (Å²) in [5.74, 6) is -21.9. The van der Waals surface area contributed by atoms with Gasteiger partial charge in [0.15, 0.2) is 70.6 Å². The van der Waals surface area contributed by atoms with Gasteiger partial charge in [-0.05, 0) is 24.3 Å². The summed E-state index contributed by atoms with van der Waals surface area (Å²) in [6, 6.07) is 1.96. The van der Waals surface area contributed by atoms with Crippen LogP contribution >= 0.6 is 0 Å². The van der Waals surface area contributed by atoms with Gasteiger partial charge in [0.2, 0.25) is 23.0 Å². The second kappa shape index (κ2) is 12.7. The van der Waals surface area contributed by atoms with Crippen LogP contribution in [0.5, 0.6) is 69.0 Å². The Bertz CT molecular complexity index is 2440. The molecule has 0 saturated carbocycles. The fourth-order valence-corrected chi connectivity index (χ4v) is 6.46. The van der Waals surface area contributed by atoms with E-state index in [0.717, 1.165) is 0 Å². The van der Waals surface area contributed by atoms with E-state index >= 15 is 0 Å². The zero-order chi connectivity index (χ0) is 40.8. The maximum absolute atomic E-state index is 14.1. The van der Waals surface area contributed by atoms with E-state index in [9.17, 15) is 85.6 Å². The van der Waals surface area contributed by atoms with E-state index in [1.807, 2.05) is 0 Å². The number of aliphatic hydroxyl groups is 1. The quantitative estimate of drug-likeness (QED) is 0.0661. The first kappa shape index (κ1) is 36.6. The van der Waals surface area contributed by atoms with Crippen molar-refractivity contribution < 1.29 is 109 Å². The highest BCUT2D eigenvalue weighted by molar-refractivity contribution is 6.10. The van der Waals surface area contributed by atoms with E-state index in [-0.39, 0.29) is 0 Å².